The van der Waals surface area contributed by atoms with Crippen LogP contribution in [0.4, 0.5) is 5.69 Å². The van der Waals surface area contributed by atoms with Crippen molar-refractivity contribution in [2.45, 2.75) is 45.3 Å². The van der Waals surface area contributed by atoms with Gasteiger partial charge in [-0.25, -0.2) is 8.42 Å². The first-order valence-electron chi connectivity index (χ1n) is 12.7. The first-order valence-corrected chi connectivity index (χ1v) is 14.5. The maximum absolute atomic E-state index is 14.0. The van der Waals surface area contributed by atoms with E-state index >= 15 is 0 Å². The van der Waals surface area contributed by atoms with Gasteiger partial charge >= 0.3 is 0 Å². The zero-order valence-electron chi connectivity index (χ0n) is 23.1. The van der Waals surface area contributed by atoms with E-state index in [1.165, 1.54) is 4.90 Å². The van der Waals surface area contributed by atoms with E-state index in [0.717, 1.165) is 21.7 Å². The summed E-state index contributed by atoms with van der Waals surface area (Å²) < 4.78 is 32.0. The number of rotatable bonds is 11. The van der Waals surface area contributed by atoms with Crippen molar-refractivity contribution in [3.05, 3.63) is 96.1 Å². The fourth-order valence-corrected chi connectivity index (χ4v) is 5.03. The van der Waals surface area contributed by atoms with Gasteiger partial charge in [-0.3, -0.25) is 13.9 Å². The number of amides is 2. The molecule has 0 heterocycles. The number of carbonyl (C=O) groups excluding carboxylic acids is 2. The fourth-order valence-electron chi connectivity index (χ4n) is 4.18. The summed E-state index contributed by atoms with van der Waals surface area (Å²) in [4.78, 5) is 29.2. The molecule has 0 radical (unpaired) electrons. The van der Waals surface area contributed by atoms with Crippen molar-refractivity contribution in [2.75, 3.05) is 24.2 Å². The van der Waals surface area contributed by atoms with Crippen molar-refractivity contribution < 1.29 is 22.7 Å². The van der Waals surface area contributed by atoms with Crippen LogP contribution in [0.2, 0.25) is 0 Å². The molecule has 1 N–H and O–H groups in total. The summed E-state index contributed by atoms with van der Waals surface area (Å²) in [6, 6.07) is 24.2. The molecule has 0 unspecified atom stereocenters. The second-order valence-electron chi connectivity index (χ2n) is 10.4. The Morgan fingerprint density at radius 2 is 1.49 bits per heavy atom. The lowest BCUT2D eigenvalue weighted by Gasteiger charge is -2.35. The molecule has 0 aliphatic rings. The van der Waals surface area contributed by atoms with Crippen LogP contribution in [0.1, 0.15) is 31.9 Å². The van der Waals surface area contributed by atoms with Crippen LogP contribution in [0, 0.1) is 0 Å². The number of carbonyl (C=O) groups is 2. The molecule has 9 heteroatoms. The van der Waals surface area contributed by atoms with Gasteiger partial charge in [-0.05, 0) is 56.2 Å². The minimum absolute atomic E-state index is 0.0808. The Balaban J connectivity index is 2.07. The summed E-state index contributed by atoms with van der Waals surface area (Å²) in [5.74, 6) is -0.217. The lowest BCUT2D eigenvalue weighted by molar-refractivity contribution is -0.140. The molecule has 0 saturated heterocycles. The average molecular weight is 552 g/mol. The molecule has 3 aromatic rings. The number of para-hydroxylation sites is 1. The van der Waals surface area contributed by atoms with Crippen molar-refractivity contribution in [1.29, 1.82) is 0 Å². The van der Waals surface area contributed by atoms with Crippen molar-refractivity contribution >= 4 is 27.5 Å². The van der Waals surface area contributed by atoms with Crippen LogP contribution in [-0.2, 0) is 32.6 Å². The number of benzene rings is 3. The number of sulfonamides is 1. The maximum Gasteiger partial charge on any atom is 0.244 e. The molecular weight excluding hydrogens is 514 g/mol. The molecule has 1 atom stereocenters. The molecule has 8 nitrogen and oxygen atoms in total. The SMILES string of the molecule is COc1cccc(CN(C(=O)CN(c2ccccc2)S(C)(=O)=O)[C@@H](Cc2ccccc2)C(=O)NC(C)(C)C)c1. The predicted molar refractivity (Wildman–Crippen MR) is 154 cm³/mol. The highest BCUT2D eigenvalue weighted by Gasteiger charge is 2.34. The highest BCUT2D eigenvalue weighted by atomic mass is 32.2. The van der Waals surface area contributed by atoms with E-state index in [1.807, 2.05) is 63.2 Å². The summed E-state index contributed by atoms with van der Waals surface area (Å²) >= 11 is 0. The summed E-state index contributed by atoms with van der Waals surface area (Å²) in [5, 5.41) is 3.01. The smallest absolute Gasteiger partial charge is 0.244 e. The molecule has 0 saturated carbocycles. The van der Waals surface area contributed by atoms with Gasteiger partial charge in [-0.2, -0.15) is 0 Å². The van der Waals surface area contributed by atoms with Crippen LogP contribution in [0.3, 0.4) is 0 Å². The van der Waals surface area contributed by atoms with Gasteiger partial charge in [0.2, 0.25) is 21.8 Å². The molecule has 0 bridgehead atoms. The van der Waals surface area contributed by atoms with Crippen LogP contribution in [0.15, 0.2) is 84.9 Å². The zero-order valence-corrected chi connectivity index (χ0v) is 23.9. The second-order valence-corrected chi connectivity index (χ2v) is 12.3. The van der Waals surface area contributed by atoms with Gasteiger partial charge in [-0.15, -0.1) is 0 Å². The standard InChI is InChI=1S/C30H37N3O5S/c1-30(2,3)31-29(35)27(20-23-13-8-6-9-14-23)32(21-24-15-12-18-26(19-24)38-4)28(34)22-33(39(5,36)37)25-16-10-7-11-17-25/h6-19,27H,20-22H2,1-5H3,(H,31,35)/t27-/m0/s1. The molecule has 208 valence electrons. The van der Waals surface area contributed by atoms with Gasteiger partial charge in [0.25, 0.3) is 0 Å². The van der Waals surface area contributed by atoms with Crippen LogP contribution < -0.4 is 14.4 Å². The van der Waals surface area contributed by atoms with Crippen LogP contribution >= 0.6 is 0 Å². The first-order chi connectivity index (χ1) is 18.4. The van der Waals surface area contributed by atoms with Crippen LogP contribution in [-0.4, -0.2) is 56.6 Å². The minimum atomic E-state index is -3.80. The third-order valence-electron chi connectivity index (χ3n) is 5.98. The highest BCUT2D eigenvalue weighted by Crippen LogP contribution is 2.22. The molecule has 3 aromatic carbocycles. The van der Waals surface area contributed by atoms with Crippen LogP contribution in [0.5, 0.6) is 5.75 Å². The fraction of sp³-hybridized carbons (Fsp3) is 0.333. The Labute approximate surface area is 231 Å². The minimum Gasteiger partial charge on any atom is -0.497 e. The molecule has 0 aliphatic carbocycles. The monoisotopic (exact) mass is 551 g/mol. The van der Waals surface area contributed by atoms with E-state index in [9.17, 15) is 18.0 Å². The molecule has 39 heavy (non-hydrogen) atoms. The number of nitrogens with one attached hydrogen (secondary N) is 1. The summed E-state index contributed by atoms with van der Waals surface area (Å²) in [6.45, 7) is 5.25. The largest absolute Gasteiger partial charge is 0.497 e. The number of ether oxygens (including phenoxy) is 1. The van der Waals surface area contributed by atoms with E-state index in [1.54, 1.807) is 49.6 Å². The lowest BCUT2D eigenvalue weighted by atomic mass is 10.0. The first kappa shape index (κ1) is 29.7. The molecule has 0 fully saturated rings. The molecule has 3 rings (SSSR count). The molecule has 0 aromatic heterocycles. The number of nitrogens with zero attached hydrogens (tertiary/aromatic N) is 2. The summed E-state index contributed by atoms with van der Waals surface area (Å²) in [5.41, 5.74) is 1.45. The molecule has 0 aliphatic heterocycles. The van der Waals surface area contributed by atoms with Gasteiger partial charge in [0, 0.05) is 18.5 Å². The van der Waals surface area contributed by atoms with Gasteiger partial charge < -0.3 is 15.0 Å². The average Bonchev–Trinajstić information content (AvgIpc) is 2.88. The number of hydrogen-bond donors (Lipinski definition) is 1. The molecule has 0 spiro atoms. The molecule has 2 amide bonds. The quantitative estimate of drug-likeness (QED) is 0.389. The normalized spacial score (nSPS) is 12.3. The van der Waals surface area contributed by atoms with E-state index in [-0.39, 0.29) is 18.9 Å². The van der Waals surface area contributed by atoms with Crippen molar-refractivity contribution in [3.8, 4) is 5.75 Å². The van der Waals surface area contributed by atoms with E-state index < -0.39 is 34.1 Å². The van der Waals surface area contributed by atoms with Gasteiger partial charge in [0.1, 0.15) is 18.3 Å². The Morgan fingerprint density at radius 1 is 0.897 bits per heavy atom. The van der Waals surface area contributed by atoms with Gasteiger partial charge in [-0.1, -0.05) is 60.7 Å². The van der Waals surface area contributed by atoms with Crippen LogP contribution in [0.25, 0.3) is 0 Å². The summed E-state index contributed by atoms with van der Waals surface area (Å²) in [6.07, 6.45) is 1.32. The third kappa shape index (κ3) is 8.85. The molecular formula is C30H37N3O5S. The second kappa shape index (κ2) is 12.8. The maximum atomic E-state index is 14.0. The Hall–Kier alpha value is -3.85. The van der Waals surface area contributed by atoms with E-state index in [4.69, 9.17) is 4.74 Å². The van der Waals surface area contributed by atoms with E-state index in [0.29, 0.717) is 11.4 Å². The highest BCUT2D eigenvalue weighted by molar-refractivity contribution is 7.92. The lowest BCUT2D eigenvalue weighted by Crippen LogP contribution is -2.56. The Kier molecular flexibility index (Phi) is 9.75. The van der Waals surface area contributed by atoms with Gasteiger partial charge in [0.05, 0.1) is 19.1 Å². The number of hydrogen-bond acceptors (Lipinski definition) is 5. The number of anilines is 1. The Morgan fingerprint density at radius 3 is 2.05 bits per heavy atom. The Bertz CT molecular complexity index is 1360. The summed E-state index contributed by atoms with van der Waals surface area (Å²) in [7, 11) is -2.24. The predicted octanol–water partition coefficient (Wildman–Crippen LogP) is 4.02. The topological polar surface area (TPSA) is 96.0 Å². The van der Waals surface area contributed by atoms with Crippen molar-refractivity contribution in [1.82, 2.24) is 10.2 Å². The van der Waals surface area contributed by atoms with E-state index in [2.05, 4.69) is 5.32 Å². The zero-order chi connectivity index (χ0) is 28.6. The third-order valence-corrected chi connectivity index (χ3v) is 7.12. The van der Waals surface area contributed by atoms with Crippen molar-refractivity contribution in [3.63, 3.8) is 0 Å². The van der Waals surface area contributed by atoms with Gasteiger partial charge in [0.15, 0.2) is 0 Å². The van der Waals surface area contributed by atoms with Crippen molar-refractivity contribution in [2.24, 2.45) is 0 Å². The number of methoxy groups -OCH3 is 1.